The van der Waals surface area contributed by atoms with Gasteiger partial charge in [0.2, 0.25) is 0 Å². The summed E-state index contributed by atoms with van der Waals surface area (Å²) in [7, 11) is 0. The zero-order valence-corrected chi connectivity index (χ0v) is 11.4. The summed E-state index contributed by atoms with van der Waals surface area (Å²) in [5.74, 6) is 0. The second-order valence-corrected chi connectivity index (χ2v) is 6.25. The number of halogens is 2. The second kappa shape index (κ2) is 5.27. The maximum absolute atomic E-state index is 10.0. The number of thiophene rings is 1. The van der Waals surface area contributed by atoms with E-state index in [0.717, 1.165) is 8.66 Å². The third-order valence-electron chi connectivity index (χ3n) is 2.13. The molecule has 16 heavy (non-hydrogen) atoms. The fourth-order valence-corrected chi connectivity index (χ4v) is 3.16. The smallest absolute Gasteiger partial charge is 0.102 e. The third-order valence-corrected chi connectivity index (χ3v) is 4.09. The monoisotopic (exact) mass is 317 g/mol. The first kappa shape index (κ1) is 12.0. The predicted octanol–water partition coefficient (Wildman–Crippen LogP) is 3.84. The molecule has 0 aliphatic heterocycles. The van der Waals surface area contributed by atoms with E-state index >= 15 is 0 Å². The number of pyridine rings is 1. The highest BCUT2D eigenvalue weighted by atomic mass is 79.9. The fraction of sp³-hybridized carbons (Fsp3) is 0.182. The SMILES string of the molecule is OC(Cc1ccc(Br)s1)c1ncccc1Cl. The van der Waals surface area contributed by atoms with E-state index in [2.05, 4.69) is 20.9 Å². The van der Waals surface area contributed by atoms with Crippen molar-refractivity contribution in [2.75, 3.05) is 0 Å². The van der Waals surface area contributed by atoms with E-state index in [-0.39, 0.29) is 0 Å². The van der Waals surface area contributed by atoms with E-state index in [4.69, 9.17) is 11.6 Å². The number of aromatic nitrogens is 1. The molecule has 0 aromatic carbocycles. The Hall–Kier alpha value is -0.420. The van der Waals surface area contributed by atoms with Crippen LogP contribution in [0.15, 0.2) is 34.2 Å². The Bertz CT molecular complexity index is 488. The summed E-state index contributed by atoms with van der Waals surface area (Å²) in [6.07, 6.45) is 1.51. The van der Waals surface area contributed by atoms with Crippen molar-refractivity contribution in [3.63, 3.8) is 0 Å². The molecule has 0 spiro atoms. The van der Waals surface area contributed by atoms with Crippen LogP contribution in [0, 0.1) is 0 Å². The minimum absolute atomic E-state index is 0.505. The standard InChI is InChI=1S/C11H9BrClNOS/c12-10-4-3-7(16-10)6-9(15)11-8(13)2-1-5-14-11/h1-5,9,15H,6H2. The molecule has 2 nitrogen and oxygen atoms in total. The minimum atomic E-state index is -0.653. The second-order valence-electron chi connectivity index (χ2n) is 3.30. The van der Waals surface area contributed by atoms with Crippen LogP contribution in [0.25, 0.3) is 0 Å². The van der Waals surface area contributed by atoms with Crippen LogP contribution in [0.2, 0.25) is 5.02 Å². The van der Waals surface area contributed by atoms with Gasteiger partial charge in [0.15, 0.2) is 0 Å². The highest BCUT2D eigenvalue weighted by Gasteiger charge is 2.14. The van der Waals surface area contributed by atoms with Crippen LogP contribution in [-0.4, -0.2) is 10.1 Å². The molecule has 2 rings (SSSR count). The molecule has 5 heteroatoms. The van der Waals surface area contributed by atoms with Crippen LogP contribution in [0.3, 0.4) is 0 Å². The minimum Gasteiger partial charge on any atom is -0.386 e. The Labute approximate surface area is 111 Å². The lowest BCUT2D eigenvalue weighted by Crippen LogP contribution is -2.03. The zero-order chi connectivity index (χ0) is 11.5. The molecule has 1 unspecified atom stereocenters. The van der Waals surface area contributed by atoms with Gasteiger partial charge in [0.1, 0.15) is 6.10 Å². The molecular weight excluding hydrogens is 310 g/mol. The summed E-state index contributed by atoms with van der Waals surface area (Å²) >= 11 is 11.0. The molecule has 0 fully saturated rings. The summed E-state index contributed by atoms with van der Waals surface area (Å²) in [4.78, 5) is 5.19. The van der Waals surface area contributed by atoms with Gasteiger partial charge in [-0.3, -0.25) is 4.98 Å². The van der Waals surface area contributed by atoms with Gasteiger partial charge in [0.25, 0.3) is 0 Å². The van der Waals surface area contributed by atoms with Gasteiger partial charge in [0, 0.05) is 17.5 Å². The number of hydrogen-bond donors (Lipinski definition) is 1. The first-order valence-electron chi connectivity index (χ1n) is 4.69. The number of hydrogen-bond acceptors (Lipinski definition) is 3. The van der Waals surface area contributed by atoms with Crippen molar-refractivity contribution < 1.29 is 5.11 Å². The van der Waals surface area contributed by atoms with Crippen molar-refractivity contribution in [3.8, 4) is 0 Å². The Morgan fingerprint density at radius 2 is 2.25 bits per heavy atom. The Morgan fingerprint density at radius 3 is 2.88 bits per heavy atom. The normalized spacial score (nSPS) is 12.7. The Morgan fingerprint density at radius 1 is 1.44 bits per heavy atom. The largest absolute Gasteiger partial charge is 0.386 e. The molecule has 2 aromatic rings. The number of rotatable bonds is 3. The fourth-order valence-electron chi connectivity index (χ4n) is 1.39. The molecule has 0 bridgehead atoms. The summed E-state index contributed by atoms with van der Waals surface area (Å²) < 4.78 is 1.06. The third kappa shape index (κ3) is 2.83. The topological polar surface area (TPSA) is 33.1 Å². The van der Waals surface area contributed by atoms with Gasteiger partial charge in [-0.05, 0) is 40.2 Å². The van der Waals surface area contributed by atoms with Crippen molar-refractivity contribution in [2.45, 2.75) is 12.5 Å². The van der Waals surface area contributed by atoms with Crippen LogP contribution in [0.1, 0.15) is 16.7 Å². The molecule has 0 radical (unpaired) electrons. The molecule has 0 amide bonds. The maximum Gasteiger partial charge on any atom is 0.102 e. The van der Waals surface area contributed by atoms with Crippen LogP contribution < -0.4 is 0 Å². The molecule has 2 heterocycles. The summed E-state index contributed by atoms with van der Waals surface area (Å²) in [5, 5.41) is 10.5. The van der Waals surface area contributed by atoms with E-state index in [1.165, 1.54) is 0 Å². The van der Waals surface area contributed by atoms with E-state index in [9.17, 15) is 5.11 Å². The predicted molar refractivity (Wildman–Crippen MR) is 69.9 cm³/mol. The summed E-state index contributed by atoms with van der Waals surface area (Å²) in [5.41, 5.74) is 0.536. The van der Waals surface area contributed by atoms with Crippen molar-refractivity contribution in [3.05, 3.63) is 49.8 Å². The number of aliphatic hydroxyl groups is 1. The highest BCUT2D eigenvalue weighted by molar-refractivity contribution is 9.11. The lowest BCUT2D eigenvalue weighted by molar-refractivity contribution is 0.174. The quantitative estimate of drug-likeness (QED) is 0.933. The lowest BCUT2D eigenvalue weighted by atomic mass is 10.1. The van der Waals surface area contributed by atoms with Gasteiger partial charge in [-0.25, -0.2) is 0 Å². The van der Waals surface area contributed by atoms with Gasteiger partial charge >= 0.3 is 0 Å². The van der Waals surface area contributed by atoms with Gasteiger partial charge < -0.3 is 5.11 Å². The van der Waals surface area contributed by atoms with Gasteiger partial charge in [-0.1, -0.05) is 11.6 Å². The van der Waals surface area contributed by atoms with Crippen molar-refractivity contribution in [1.82, 2.24) is 4.98 Å². The van der Waals surface area contributed by atoms with Gasteiger partial charge in [-0.2, -0.15) is 0 Å². The average Bonchev–Trinajstić information content (AvgIpc) is 2.64. The molecule has 1 atom stereocenters. The molecule has 0 saturated heterocycles. The molecule has 0 aliphatic rings. The van der Waals surface area contributed by atoms with Crippen molar-refractivity contribution >= 4 is 38.9 Å². The van der Waals surface area contributed by atoms with E-state index in [1.54, 1.807) is 29.7 Å². The Balaban J connectivity index is 2.14. The van der Waals surface area contributed by atoms with Gasteiger partial charge in [-0.15, -0.1) is 11.3 Å². The van der Waals surface area contributed by atoms with E-state index < -0.39 is 6.10 Å². The van der Waals surface area contributed by atoms with Crippen LogP contribution >= 0.6 is 38.9 Å². The molecule has 2 aromatic heterocycles. The maximum atomic E-state index is 10.0. The number of aliphatic hydroxyl groups excluding tert-OH is 1. The van der Waals surface area contributed by atoms with Crippen LogP contribution in [0.4, 0.5) is 0 Å². The molecule has 1 N–H and O–H groups in total. The van der Waals surface area contributed by atoms with Crippen LogP contribution in [0.5, 0.6) is 0 Å². The zero-order valence-electron chi connectivity index (χ0n) is 8.23. The van der Waals surface area contributed by atoms with Gasteiger partial charge in [0.05, 0.1) is 14.5 Å². The van der Waals surface area contributed by atoms with E-state index in [1.807, 2.05) is 12.1 Å². The van der Waals surface area contributed by atoms with Crippen molar-refractivity contribution in [2.24, 2.45) is 0 Å². The first-order valence-corrected chi connectivity index (χ1v) is 6.68. The summed E-state index contributed by atoms with van der Waals surface area (Å²) in [6.45, 7) is 0. The molecule has 0 aliphatic carbocycles. The highest BCUT2D eigenvalue weighted by Crippen LogP contribution is 2.28. The molecular formula is C11H9BrClNOS. The van der Waals surface area contributed by atoms with E-state index in [0.29, 0.717) is 17.1 Å². The average molecular weight is 319 g/mol. The number of nitrogens with zero attached hydrogens (tertiary/aromatic N) is 1. The first-order chi connectivity index (χ1) is 7.66. The summed E-state index contributed by atoms with van der Waals surface area (Å²) in [6, 6.07) is 7.43. The Kier molecular flexibility index (Phi) is 3.97. The van der Waals surface area contributed by atoms with Crippen molar-refractivity contribution in [1.29, 1.82) is 0 Å². The molecule has 0 saturated carbocycles. The molecule has 84 valence electrons. The van der Waals surface area contributed by atoms with Crippen LogP contribution in [-0.2, 0) is 6.42 Å². The lowest BCUT2D eigenvalue weighted by Gasteiger charge is -2.09.